The molecule has 2 rings (SSSR count). The maximum Gasteiger partial charge on any atom is 0.254 e. The average molecular weight is 344 g/mol. The van der Waals surface area contributed by atoms with Crippen LogP contribution in [0.25, 0.3) is 0 Å². The molecule has 0 aliphatic carbocycles. The van der Waals surface area contributed by atoms with Crippen LogP contribution in [0.1, 0.15) is 15.9 Å². The van der Waals surface area contributed by atoms with E-state index in [1.54, 1.807) is 41.5 Å². The van der Waals surface area contributed by atoms with E-state index in [0.717, 1.165) is 5.56 Å². The van der Waals surface area contributed by atoms with Gasteiger partial charge < -0.3 is 9.64 Å². The summed E-state index contributed by atoms with van der Waals surface area (Å²) in [5.41, 5.74) is 1.63. The Morgan fingerprint density at radius 2 is 2.10 bits per heavy atom. The van der Waals surface area contributed by atoms with Crippen molar-refractivity contribution >= 4 is 40.4 Å². The van der Waals surface area contributed by atoms with Gasteiger partial charge in [-0.15, -0.1) is 0 Å². The lowest BCUT2D eigenvalue weighted by atomic mass is 10.2. The highest BCUT2D eigenvalue weighted by molar-refractivity contribution is 7.07. The van der Waals surface area contributed by atoms with E-state index in [9.17, 15) is 4.79 Å². The van der Waals surface area contributed by atoms with E-state index in [1.807, 2.05) is 16.8 Å². The molecule has 3 nitrogen and oxygen atoms in total. The van der Waals surface area contributed by atoms with E-state index in [0.29, 0.717) is 35.3 Å². The first-order chi connectivity index (χ1) is 10.1. The number of hydrogen-bond acceptors (Lipinski definition) is 3. The summed E-state index contributed by atoms with van der Waals surface area (Å²) >= 11 is 13.5. The SMILES string of the molecule is COCCN(Cc1ccsc1)C(=O)c1ccc(Cl)c(Cl)c1. The minimum atomic E-state index is -0.0863. The molecule has 1 aromatic carbocycles. The molecule has 0 unspecified atom stereocenters. The number of halogens is 2. The number of ether oxygens (including phenoxy) is 1. The van der Waals surface area contributed by atoms with Crippen LogP contribution in [0, 0.1) is 0 Å². The van der Waals surface area contributed by atoms with Crippen molar-refractivity contribution in [2.75, 3.05) is 20.3 Å². The lowest BCUT2D eigenvalue weighted by molar-refractivity contribution is 0.0680. The molecule has 0 atom stereocenters. The molecule has 6 heteroatoms. The van der Waals surface area contributed by atoms with Crippen LogP contribution in [0.5, 0.6) is 0 Å². The maximum atomic E-state index is 12.6. The number of hydrogen-bond donors (Lipinski definition) is 0. The van der Waals surface area contributed by atoms with E-state index in [2.05, 4.69) is 0 Å². The first kappa shape index (κ1) is 16.3. The lowest BCUT2D eigenvalue weighted by Gasteiger charge is -2.22. The van der Waals surface area contributed by atoms with Crippen LogP contribution in [-0.2, 0) is 11.3 Å². The molecule has 0 saturated heterocycles. The van der Waals surface area contributed by atoms with Crippen LogP contribution in [0.15, 0.2) is 35.0 Å². The lowest BCUT2D eigenvalue weighted by Crippen LogP contribution is -2.33. The summed E-state index contributed by atoms with van der Waals surface area (Å²) in [6, 6.07) is 6.92. The van der Waals surface area contributed by atoms with Crippen molar-refractivity contribution in [3.05, 3.63) is 56.2 Å². The zero-order valence-corrected chi connectivity index (χ0v) is 13.8. The largest absolute Gasteiger partial charge is 0.383 e. The third-order valence-electron chi connectivity index (χ3n) is 2.97. The molecule has 112 valence electrons. The van der Waals surface area contributed by atoms with Gasteiger partial charge in [0.2, 0.25) is 0 Å². The molecule has 1 heterocycles. The van der Waals surface area contributed by atoms with Crippen LogP contribution < -0.4 is 0 Å². The summed E-state index contributed by atoms with van der Waals surface area (Å²) in [7, 11) is 1.62. The molecule has 1 aromatic heterocycles. The van der Waals surface area contributed by atoms with E-state index in [-0.39, 0.29) is 5.91 Å². The van der Waals surface area contributed by atoms with Crippen LogP contribution in [0.2, 0.25) is 10.0 Å². The molecule has 1 amide bonds. The van der Waals surface area contributed by atoms with E-state index in [4.69, 9.17) is 27.9 Å². The summed E-state index contributed by atoms with van der Waals surface area (Å²) in [6.45, 7) is 1.55. The minimum Gasteiger partial charge on any atom is -0.383 e. The normalized spacial score (nSPS) is 10.6. The van der Waals surface area contributed by atoms with E-state index in [1.165, 1.54) is 0 Å². The van der Waals surface area contributed by atoms with Crippen molar-refractivity contribution < 1.29 is 9.53 Å². The van der Waals surface area contributed by atoms with Gasteiger partial charge in [0, 0.05) is 25.8 Å². The second-order valence-corrected chi connectivity index (χ2v) is 6.07. The Hall–Kier alpha value is -1.07. The number of carbonyl (C=O) groups excluding carboxylic acids is 1. The van der Waals surface area contributed by atoms with Crippen LogP contribution in [-0.4, -0.2) is 31.1 Å². The second-order valence-electron chi connectivity index (χ2n) is 4.48. The average Bonchev–Trinajstić information content (AvgIpc) is 2.98. The van der Waals surface area contributed by atoms with E-state index < -0.39 is 0 Å². The fourth-order valence-corrected chi connectivity index (χ4v) is 2.83. The van der Waals surface area contributed by atoms with Crippen molar-refractivity contribution in [1.29, 1.82) is 0 Å². The molecule has 0 N–H and O–H groups in total. The van der Waals surface area contributed by atoms with Gasteiger partial charge in [0.15, 0.2) is 0 Å². The zero-order valence-electron chi connectivity index (χ0n) is 11.5. The highest BCUT2D eigenvalue weighted by Crippen LogP contribution is 2.23. The highest BCUT2D eigenvalue weighted by Gasteiger charge is 2.17. The van der Waals surface area contributed by atoms with Crippen molar-refractivity contribution in [1.82, 2.24) is 4.90 Å². The van der Waals surface area contributed by atoms with Crippen LogP contribution in [0.3, 0.4) is 0 Å². The van der Waals surface area contributed by atoms with Gasteiger partial charge in [-0.25, -0.2) is 0 Å². The molecule has 2 aromatic rings. The Labute approximate surface area is 138 Å². The molecule has 0 aliphatic heterocycles. The number of methoxy groups -OCH3 is 1. The van der Waals surface area contributed by atoms with Gasteiger partial charge in [0.1, 0.15) is 0 Å². The van der Waals surface area contributed by atoms with Crippen LogP contribution >= 0.6 is 34.5 Å². The molecular weight excluding hydrogens is 329 g/mol. The fraction of sp³-hybridized carbons (Fsp3) is 0.267. The standard InChI is InChI=1S/C15H15Cl2NO2S/c1-20-6-5-18(9-11-4-7-21-10-11)15(19)12-2-3-13(16)14(17)8-12/h2-4,7-8,10H,5-6,9H2,1H3. The molecule has 0 radical (unpaired) electrons. The first-order valence-electron chi connectivity index (χ1n) is 6.36. The third kappa shape index (κ3) is 4.45. The Morgan fingerprint density at radius 1 is 1.29 bits per heavy atom. The smallest absolute Gasteiger partial charge is 0.254 e. The zero-order chi connectivity index (χ0) is 15.2. The first-order valence-corrected chi connectivity index (χ1v) is 8.06. The number of amides is 1. The Morgan fingerprint density at radius 3 is 2.71 bits per heavy atom. The van der Waals surface area contributed by atoms with Crippen molar-refractivity contribution in [3.63, 3.8) is 0 Å². The maximum absolute atomic E-state index is 12.6. The van der Waals surface area contributed by atoms with Gasteiger partial charge in [0.05, 0.1) is 16.7 Å². The predicted molar refractivity (Wildman–Crippen MR) is 87.4 cm³/mol. The predicted octanol–water partition coefficient (Wildman–Crippen LogP) is 4.34. The molecule has 0 bridgehead atoms. The Kier molecular flexibility index (Phi) is 6.06. The Balaban J connectivity index is 2.18. The number of nitrogens with zero attached hydrogens (tertiary/aromatic N) is 1. The third-order valence-corrected chi connectivity index (χ3v) is 4.44. The highest BCUT2D eigenvalue weighted by atomic mass is 35.5. The topological polar surface area (TPSA) is 29.5 Å². The van der Waals surface area contributed by atoms with Crippen molar-refractivity contribution in [3.8, 4) is 0 Å². The monoisotopic (exact) mass is 343 g/mol. The van der Waals surface area contributed by atoms with Gasteiger partial charge >= 0.3 is 0 Å². The number of carbonyl (C=O) groups is 1. The molecule has 0 saturated carbocycles. The van der Waals surface area contributed by atoms with Crippen molar-refractivity contribution in [2.24, 2.45) is 0 Å². The quantitative estimate of drug-likeness (QED) is 0.780. The van der Waals surface area contributed by atoms with Crippen molar-refractivity contribution in [2.45, 2.75) is 6.54 Å². The van der Waals surface area contributed by atoms with Gasteiger partial charge in [-0.3, -0.25) is 4.79 Å². The summed E-state index contributed by atoms with van der Waals surface area (Å²) in [6.07, 6.45) is 0. The fourth-order valence-electron chi connectivity index (χ4n) is 1.87. The van der Waals surface area contributed by atoms with Gasteiger partial charge in [-0.1, -0.05) is 23.2 Å². The summed E-state index contributed by atoms with van der Waals surface area (Å²) in [5, 5.41) is 4.84. The minimum absolute atomic E-state index is 0.0863. The van der Waals surface area contributed by atoms with E-state index >= 15 is 0 Å². The molecule has 0 spiro atoms. The molecular formula is C15H15Cl2NO2S. The summed E-state index contributed by atoms with van der Waals surface area (Å²) < 4.78 is 5.08. The number of thiophene rings is 1. The number of rotatable bonds is 6. The Bertz CT molecular complexity index is 602. The molecule has 0 fully saturated rings. The number of benzene rings is 1. The van der Waals surface area contributed by atoms with Gasteiger partial charge in [0.25, 0.3) is 5.91 Å². The van der Waals surface area contributed by atoms with Crippen LogP contribution in [0.4, 0.5) is 0 Å². The summed E-state index contributed by atoms with van der Waals surface area (Å²) in [4.78, 5) is 14.4. The molecule has 0 aliphatic rings. The second kappa shape index (κ2) is 7.80. The summed E-state index contributed by atoms with van der Waals surface area (Å²) in [5.74, 6) is -0.0863. The van der Waals surface area contributed by atoms with Gasteiger partial charge in [-0.2, -0.15) is 11.3 Å². The molecule has 21 heavy (non-hydrogen) atoms. The van der Waals surface area contributed by atoms with Gasteiger partial charge in [-0.05, 0) is 40.6 Å².